The molecule has 0 radical (unpaired) electrons. The van der Waals surface area contributed by atoms with Gasteiger partial charge in [-0.15, -0.1) is 0 Å². The predicted octanol–water partition coefficient (Wildman–Crippen LogP) is 1.74. The van der Waals surface area contributed by atoms with E-state index in [1.807, 2.05) is 6.07 Å². The minimum atomic E-state index is -3.47. The maximum Gasteiger partial charge on any atom is 0.225 e. The van der Waals surface area contributed by atoms with Gasteiger partial charge in [0.1, 0.15) is 0 Å². The molecule has 8 heteroatoms. The summed E-state index contributed by atoms with van der Waals surface area (Å²) in [5, 5.41) is 11.5. The van der Waals surface area contributed by atoms with Crippen LogP contribution >= 0.6 is 0 Å². The van der Waals surface area contributed by atoms with Crippen molar-refractivity contribution >= 4 is 21.6 Å². The number of carbonyl (C=O) groups excluding carboxylic acids is 1. The summed E-state index contributed by atoms with van der Waals surface area (Å²) in [5.41, 5.74) is 1.54. The third-order valence-electron chi connectivity index (χ3n) is 3.40. The summed E-state index contributed by atoms with van der Waals surface area (Å²) in [6, 6.07) is 13.8. The highest BCUT2D eigenvalue weighted by Crippen LogP contribution is 2.11. The van der Waals surface area contributed by atoms with E-state index in [9.17, 15) is 13.2 Å². The summed E-state index contributed by atoms with van der Waals surface area (Å²) < 4.78 is 25.1. The van der Waals surface area contributed by atoms with Crippen LogP contribution in [-0.2, 0) is 21.4 Å². The average molecular weight is 358 g/mol. The zero-order chi connectivity index (χ0) is 18.3. The number of sulfonamides is 1. The monoisotopic (exact) mass is 358 g/mol. The summed E-state index contributed by atoms with van der Waals surface area (Å²) >= 11 is 0. The number of amides is 1. The quantitative estimate of drug-likeness (QED) is 0.812. The molecule has 1 aromatic heterocycles. The van der Waals surface area contributed by atoms with Gasteiger partial charge < -0.3 is 5.32 Å². The van der Waals surface area contributed by atoms with Crippen LogP contribution in [0, 0.1) is 11.3 Å². The number of rotatable bonds is 7. The van der Waals surface area contributed by atoms with E-state index in [1.165, 1.54) is 4.31 Å². The van der Waals surface area contributed by atoms with Crippen LogP contribution in [0.25, 0.3) is 0 Å². The number of anilines is 1. The van der Waals surface area contributed by atoms with Gasteiger partial charge >= 0.3 is 0 Å². The van der Waals surface area contributed by atoms with Crippen molar-refractivity contribution in [3.63, 3.8) is 0 Å². The Bertz CT molecular complexity index is 876. The number of aromatic nitrogens is 1. The summed E-state index contributed by atoms with van der Waals surface area (Å²) in [6.07, 6.45) is 2.69. The van der Waals surface area contributed by atoms with Gasteiger partial charge in [-0.2, -0.15) is 9.57 Å². The molecule has 130 valence electrons. The molecule has 0 aliphatic rings. The molecule has 1 N–H and O–H groups in total. The molecule has 0 spiro atoms. The highest BCUT2D eigenvalue weighted by Gasteiger charge is 2.18. The molecule has 0 aliphatic heterocycles. The Labute approximate surface area is 147 Å². The van der Waals surface area contributed by atoms with Crippen molar-refractivity contribution in [2.24, 2.45) is 0 Å². The molecular weight excluding hydrogens is 340 g/mol. The van der Waals surface area contributed by atoms with E-state index in [4.69, 9.17) is 5.26 Å². The maximum atomic E-state index is 12.1. The van der Waals surface area contributed by atoms with Gasteiger partial charge in [-0.1, -0.05) is 12.1 Å². The van der Waals surface area contributed by atoms with Crippen LogP contribution in [0.2, 0.25) is 0 Å². The number of nitrogens with zero attached hydrogens (tertiary/aromatic N) is 3. The molecule has 0 saturated carbocycles. The largest absolute Gasteiger partial charge is 0.326 e. The molecule has 0 fully saturated rings. The number of carbonyl (C=O) groups is 1. The van der Waals surface area contributed by atoms with Crippen molar-refractivity contribution < 1.29 is 13.2 Å². The van der Waals surface area contributed by atoms with E-state index in [1.54, 1.807) is 48.7 Å². The van der Waals surface area contributed by atoms with Gasteiger partial charge in [-0.05, 0) is 30.3 Å². The topological polar surface area (TPSA) is 103 Å². The lowest BCUT2D eigenvalue weighted by Gasteiger charge is -2.19. The molecular formula is C17H18N4O3S. The van der Waals surface area contributed by atoms with E-state index in [0.29, 0.717) is 16.9 Å². The van der Waals surface area contributed by atoms with Gasteiger partial charge in [0.15, 0.2) is 0 Å². The third kappa shape index (κ3) is 5.99. The SMILES string of the molecule is CS(=O)(=O)N(CCC(=O)Nc1cccc(C#N)c1)Cc1ccccn1. The normalized spacial score (nSPS) is 11.1. The number of pyridine rings is 1. The van der Waals surface area contributed by atoms with Crippen molar-refractivity contribution in [1.82, 2.24) is 9.29 Å². The van der Waals surface area contributed by atoms with Crippen molar-refractivity contribution in [1.29, 1.82) is 5.26 Å². The standard InChI is InChI=1S/C17H18N4O3S/c1-25(23,24)21(13-16-6-2-3-9-19-16)10-8-17(22)20-15-7-4-5-14(11-15)12-18/h2-7,9,11H,8,10,13H2,1H3,(H,20,22). The molecule has 0 bridgehead atoms. The van der Waals surface area contributed by atoms with E-state index in [0.717, 1.165) is 6.26 Å². The summed E-state index contributed by atoms with van der Waals surface area (Å²) in [4.78, 5) is 16.2. The Kier molecular flexibility index (Phi) is 6.22. The number of nitriles is 1. The van der Waals surface area contributed by atoms with E-state index in [2.05, 4.69) is 10.3 Å². The van der Waals surface area contributed by atoms with Crippen LogP contribution in [0.4, 0.5) is 5.69 Å². The van der Waals surface area contributed by atoms with Crippen molar-refractivity contribution in [3.8, 4) is 6.07 Å². The van der Waals surface area contributed by atoms with E-state index >= 15 is 0 Å². The third-order valence-corrected chi connectivity index (χ3v) is 4.65. The minimum Gasteiger partial charge on any atom is -0.326 e. The highest BCUT2D eigenvalue weighted by atomic mass is 32.2. The molecule has 2 aromatic rings. The summed E-state index contributed by atoms with van der Waals surface area (Å²) in [5.74, 6) is -0.329. The lowest BCUT2D eigenvalue weighted by Crippen LogP contribution is -2.32. The lowest BCUT2D eigenvalue weighted by molar-refractivity contribution is -0.116. The second-order valence-electron chi connectivity index (χ2n) is 5.41. The first-order chi connectivity index (χ1) is 11.9. The molecule has 1 amide bonds. The molecule has 2 rings (SSSR count). The minimum absolute atomic E-state index is 0.00329. The van der Waals surface area contributed by atoms with Crippen LogP contribution in [0.5, 0.6) is 0 Å². The Morgan fingerprint density at radius 3 is 2.72 bits per heavy atom. The number of nitrogens with one attached hydrogen (secondary N) is 1. The first-order valence-electron chi connectivity index (χ1n) is 7.53. The molecule has 0 atom stereocenters. The smallest absolute Gasteiger partial charge is 0.225 e. The van der Waals surface area contributed by atoms with Gasteiger partial charge in [0.05, 0.1) is 30.1 Å². The molecule has 0 aliphatic carbocycles. The first kappa shape index (κ1) is 18.6. The number of hydrogen-bond donors (Lipinski definition) is 1. The van der Waals surface area contributed by atoms with Crippen LogP contribution in [-0.4, -0.2) is 36.4 Å². The fourth-order valence-electron chi connectivity index (χ4n) is 2.15. The Morgan fingerprint density at radius 1 is 1.28 bits per heavy atom. The van der Waals surface area contributed by atoms with Gasteiger partial charge in [-0.25, -0.2) is 8.42 Å². The van der Waals surface area contributed by atoms with Gasteiger partial charge in [0.2, 0.25) is 15.9 Å². The number of hydrogen-bond acceptors (Lipinski definition) is 5. The van der Waals surface area contributed by atoms with Crippen LogP contribution in [0.1, 0.15) is 17.7 Å². The van der Waals surface area contributed by atoms with Crippen molar-refractivity contribution in [2.75, 3.05) is 18.1 Å². The van der Waals surface area contributed by atoms with Gasteiger partial charge in [0.25, 0.3) is 0 Å². The molecule has 7 nitrogen and oxygen atoms in total. The van der Waals surface area contributed by atoms with E-state index in [-0.39, 0.29) is 25.4 Å². The highest BCUT2D eigenvalue weighted by molar-refractivity contribution is 7.88. The zero-order valence-corrected chi connectivity index (χ0v) is 14.5. The van der Waals surface area contributed by atoms with E-state index < -0.39 is 10.0 Å². The zero-order valence-electron chi connectivity index (χ0n) is 13.7. The summed E-state index contributed by atoms with van der Waals surface area (Å²) in [6.45, 7) is 0.149. The van der Waals surface area contributed by atoms with Crippen molar-refractivity contribution in [2.45, 2.75) is 13.0 Å². The molecule has 0 unspecified atom stereocenters. The Hall–Kier alpha value is -2.76. The predicted molar refractivity (Wildman–Crippen MR) is 93.9 cm³/mol. The molecule has 1 heterocycles. The fraction of sp³-hybridized carbons (Fsp3) is 0.235. The molecule has 1 aromatic carbocycles. The molecule has 25 heavy (non-hydrogen) atoms. The first-order valence-corrected chi connectivity index (χ1v) is 9.38. The number of benzene rings is 1. The van der Waals surface area contributed by atoms with Crippen LogP contribution in [0.3, 0.4) is 0 Å². The van der Waals surface area contributed by atoms with Gasteiger partial charge in [0, 0.05) is 24.8 Å². The maximum absolute atomic E-state index is 12.1. The lowest BCUT2D eigenvalue weighted by atomic mass is 10.2. The van der Waals surface area contributed by atoms with Crippen LogP contribution < -0.4 is 5.32 Å². The van der Waals surface area contributed by atoms with Crippen molar-refractivity contribution in [3.05, 3.63) is 59.9 Å². The molecule has 0 saturated heterocycles. The summed E-state index contributed by atoms with van der Waals surface area (Å²) in [7, 11) is -3.47. The van der Waals surface area contributed by atoms with Gasteiger partial charge in [-0.3, -0.25) is 9.78 Å². The second kappa shape index (κ2) is 8.37. The average Bonchev–Trinajstić information content (AvgIpc) is 2.58. The fourth-order valence-corrected chi connectivity index (χ4v) is 2.94. The second-order valence-corrected chi connectivity index (χ2v) is 7.39. The Morgan fingerprint density at radius 2 is 2.08 bits per heavy atom. The van der Waals surface area contributed by atoms with Crippen LogP contribution in [0.15, 0.2) is 48.7 Å². The Balaban J connectivity index is 1.98.